The van der Waals surface area contributed by atoms with E-state index in [1.54, 1.807) is 67.2 Å². The number of carboxylic acid groups (broad SMARTS) is 2. The smallest absolute Gasteiger partial charge is 0.336 e. The van der Waals surface area contributed by atoms with Crippen molar-refractivity contribution in [3.63, 3.8) is 0 Å². The lowest BCUT2D eigenvalue weighted by molar-refractivity contribution is -0.462. The van der Waals surface area contributed by atoms with E-state index in [0.717, 1.165) is 0 Å². The summed E-state index contributed by atoms with van der Waals surface area (Å²) in [6, 6.07) is 11.6. The summed E-state index contributed by atoms with van der Waals surface area (Å²) in [6.45, 7) is 2.59. The van der Waals surface area contributed by atoms with Crippen molar-refractivity contribution in [2.24, 2.45) is 0 Å². The lowest BCUT2D eigenvalue weighted by atomic mass is 9.84. The van der Waals surface area contributed by atoms with E-state index >= 15 is 0 Å². The highest BCUT2D eigenvalue weighted by atomic mass is 16.4. The van der Waals surface area contributed by atoms with Gasteiger partial charge < -0.3 is 19.5 Å². The van der Waals surface area contributed by atoms with Crippen LogP contribution < -0.4 is 10.3 Å². The highest BCUT2D eigenvalue weighted by Gasteiger charge is 2.28. The number of rotatable bonds is 6. The first kappa shape index (κ1) is 25.4. The van der Waals surface area contributed by atoms with Crippen LogP contribution in [0.4, 0.5) is 5.69 Å². The lowest BCUT2D eigenvalue weighted by Crippen LogP contribution is -2.19. The maximum absolute atomic E-state index is 13.7. The van der Waals surface area contributed by atoms with Crippen LogP contribution in [-0.4, -0.2) is 60.1 Å². The fourth-order valence-corrected chi connectivity index (χ4v) is 4.24. The number of aromatic carboxylic acids is 1. The third kappa shape index (κ3) is 4.73. The van der Waals surface area contributed by atoms with E-state index in [-0.39, 0.29) is 33.4 Å². The number of nitrogens with zero attached hydrogens (tertiary/aromatic N) is 2. The number of para-hydroxylation sites is 1. The van der Waals surface area contributed by atoms with E-state index in [0.29, 0.717) is 28.9 Å². The number of hydrogen-bond donors (Lipinski definition) is 2. The minimum absolute atomic E-state index is 0.0617. The Balaban J connectivity index is 2.15. The molecular weight excluding hydrogens is 472 g/mol. The maximum Gasteiger partial charge on any atom is 0.336 e. The van der Waals surface area contributed by atoms with Crippen molar-refractivity contribution in [2.75, 3.05) is 32.6 Å². The van der Waals surface area contributed by atoms with Gasteiger partial charge in [-0.15, -0.1) is 0 Å². The quantitative estimate of drug-likeness (QED) is 0.493. The second-order valence-corrected chi connectivity index (χ2v) is 8.83. The Bertz CT molecular complexity index is 1620. The minimum Gasteiger partial charge on any atom is -0.478 e. The van der Waals surface area contributed by atoms with Gasteiger partial charge in [0.05, 0.1) is 22.1 Å². The van der Waals surface area contributed by atoms with Crippen LogP contribution in [0.3, 0.4) is 0 Å². The predicted molar refractivity (Wildman–Crippen MR) is 143 cm³/mol. The van der Waals surface area contributed by atoms with Gasteiger partial charge in [0, 0.05) is 37.0 Å². The monoisotopic (exact) mass is 499 g/mol. The summed E-state index contributed by atoms with van der Waals surface area (Å²) in [4.78, 5) is 40.4. The molecule has 8 heteroatoms. The van der Waals surface area contributed by atoms with Crippen molar-refractivity contribution in [2.45, 2.75) is 6.92 Å². The molecule has 2 aromatic carbocycles. The Morgan fingerprint density at radius 2 is 1.70 bits per heavy atom. The van der Waals surface area contributed by atoms with E-state index < -0.39 is 17.4 Å². The Labute approximate surface area is 213 Å². The molecule has 8 nitrogen and oxygen atoms in total. The fourth-order valence-electron chi connectivity index (χ4n) is 4.24. The SMILES string of the molecule is CCN(C)c1ccc(C(=C2C=CC(=[N+](C)C)C=C2C(=O)O)c2coc3ccccc3c2=O)c(C(=O)O)c1. The second kappa shape index (κ2) is 10.1. The second-order valence-electron chi connectivity index (χ2n) is 8.83. The van der Waals surface area contributed by atoms with Gasteiger partial charge in [-0.3, -0.25) is 4.79 Å². The molecule has 0 spiro atoms. The molecule has 0 radical (unpaired) electrons. The number of anilines is 1. The Kier molecular flexibility index (Phi) is 6.93. The number of carbonyl (C=O) groups is 2. The molecule has 0 amide bonds. The van der Waals surface area contributed by atoms with Crippen molar-refractivity contribution in [1.82, 2.24) is 0 Å². The van der Waals surface area contributed by atoms with Crippen LogP contribution in [0.2, 0.25) is 0 Å². The molecule has 37 heavy (non-hydrogen) atoms. The zero-order valence-corrected chi connectivity index (χ0v) is 21.0. The molecule has 1 aromatic heterocycles. The van der Waals surface area contributed by atoms with E-state index in [2.05, 4.69) is 0 Å². The van der Waals surface area contributed by atoms with Gasteiger partial charge in [-0.2, -0.15) is 0 Å². The van der Waals surface area contributed by atoms with Gasteiger partial charge in [0.15, 0.2) is 5.71 Å². The molecule has 0 saturated carbocycles. The number of allylic oxidation sites excluding steroid dienone is 3. The summed E-state index contributed by atoms with van der Waals surface area (Å²) in [6.07, 6.45) is 6.09. The van der Waals surface area contributed by atoms with Crippen molar-refractivity contribution in [3.8, 4) is 0 Å². The normalized spacial score (nSPS) is 14.4. The van der Waals surface area contributed by atoms with Crippen LogP contribution in [0, 0.1) is 0 Å². The van der Waals surface area contributed by atoms with Crippen LogP contribution in [0.15, 0.2) is 87.3 Å². The molecular formula is C29H27N2O6+. The summed E-state index contributed by atoms with van der Waals surface area (Å²) in [5.41, 5.74) is 1.82. The first-order chi connectivity index (χ1) is 17.6. The van der Waals surface area contributed by atoms with Crippen LogP contribution in [0.25, 0.3) is 16.5 Å². The lowest BCUT2D eigenvalue weighted by Gasteiger charge is -2.21. The first-order valence-electron chi connectivity index (χ1n) is 11.7. The number of hydrogen-bond acceptors (Lipinski definition) is 5. The Morgan fingerprint density at radius 3 is 2.35 bits per heavy atom. The third-order valence-corrected chi connectivity index (χ3v) is 6.39. The van der Waals surface area contributed by atoms with Gasteiger partial charge in [0.2, 0.25) is 5.43 Å². The zero-order valence-electron chi connectivity index (χ0n) is 21.0. The maximum atomic E-state index is 13.7. The standard InChI is InChI=1S/C29H26N2O6/c1-5-31(4)18-11-13-20(23(15-18)29(35)36)26(19-12-10-17(30(2)3)14-22(19)28(33)34)24-16-37-25-9-7-6-8-21(25)27(24)32/h6-16H,5H2,1-4H3,(H-,33,34,35,36)/p+1. The molecule has 188 valence electrons. The van der Waals surface area contributed by atoms with Gasteiger partial charge in [-0.05, 0) is 48.4 Å². The number of benzene rings is 2. The molecule has 1 aliphatic carbocycles. The van der Waals surface area contributed by atoms with Crippen LogP contribution in [0.1, 0.15) is 28.4 Å². The van der Waals surface area contributed by atoms with Crippen molar-refractivity contribution in [3.05, 3.63) is 105 Å². The summed E-state index contributed by atoms with van der Waals surface area (Å²) in [7, 11) is 5.41. The van der Waals surface area contributed by atoms with Gasteiger partial charge in [-0.25, -0.2) is 14.2 Å². The Morgan fingerprint density at radius 1 is 0.973 bits per heavy atom. The number of fused-ring (bicyclic) bond motifs is 1. The molecule has 0 saturated heterocycles. The average molecular weight is 500 g/mol. The van der Waals surface area contributed by atoms with Crippen molar-refractivity contribution >= 4 is 39.9 Å². The van der Waals surface area contributed by atoms with E-state index in [1.807, 2.05) is 18.9 Å². The molecule has 1 aliphatic rings. The van der Waals surface area contributed by atoms with Gasteiger partial charge in [0.25, 0.3) is 0 Å². The summed E-state index contributed by atoms with van der Waals surface area (Å²) in [5, 5.41) is 20.6. The topological polar surface area (TPSA) is 111 Å². The third-order valence-electron chi connectivity index (χ3n) is 6.39. The minimum atomic E-state index is -1.21. The fraction of sp³-hybridized carbons (Fsp3) is 0.172. The van der Waals surface area contributed by atoms with E-state index in [4.69, 9.17) is 4.42 Å². The van der Waals surface area contributed by atoms with E-state index in [1.165, 1.54) is 18.4 Å². The molecule has 0 atom stereocenters. The van der Waals surface area contributed by atoms with Crippen molar-refractivity contribution < 1.29 is 28.8 Å². The average Bonchev–Trinajstić information content (AvgIpc) is 2.89. The Hall–Kier alpha value is -4.72. The molecule has 0 fully saturated rings. The largest absolute Gasteiger partial charge is 0.478 e. The summed E-state index contributed by atoms with van der Waals surface area (Å²) < 4.78 is 7.52. The molecule has 0 bridgehead atoms. The van der Waals surface area contributed by atoms with Gasteiger partial charge in [0.1, 0.15) is 25.9 Å². The zero-order chi connectivity index (χ0) is 26.9. The molecule has 2 N–H and O–H groups in total. The van der Waals surface area contributed by atoms with Crippen LogP contribution in [0.5, 0.6) is 0 Å². The van der Waals surface area contributed by atoms with Crippen LogP contribution >= 0.6 is 0 Å². The van der Waals surface area contributed by atoms with Gasteiger partial charge in [-0.1, -0.05) is 18.2 Å². The number of aliphatic carboxylic acids is 1. The first-order valence-corrected chi connectivity index (χ1v) is 11.7. The molecule has 0 aliphatic heterocycles. The van der Waals surface area contributed by atoms with Gasteiger partial charge >= 0.3 is 11.9 Å². The highest BCUT2D eigenvalue weighted by Crippen LogP contribution is 2.35. The predicted octanol–water partition coefficient (Wildman–Crippen LogP) is 4.04. The molecule has 1 heterocycles. The van der Waals surface area contributed by atoms with Crippen LogP contribution in [-0.2, 0) is 4.79 Å². The summed E-state index contributed by atoms with van der Waals surface area (Å²) >= 11 is 0. The van der Waals surface area contributed by atoms with E-state index in [9.17, 15) is 24.6 Å². The highest BCUT2D eigenvalue weighted by molar-refractivity contribution is 6.13. The van der Waals surface area contributed by atoms with Crippen molar-refractivity contribution in [1.29, 1.82) is 0 Å². The molecule has 4 rings (SSSR count). The summed E-state index contributed by atoms with van der Waals surface area (Å²) in [5.74, 6) is -2.41. The molecule has 3 aromatic rings. The number of carboxylic acids is 2. The molecule has 0 unspecified atom stereocenters.